The minimum absolute atomic E-state index is 0.140. The van der Waals surface area contributed by atoms with E-state index in [9.17, 15) is 4.79 Å². The van der Waals surface area contributed by atoms with Crippen molar-refractivity contribution in [3.8, 4) is 0 Å². The molecule has 0 radical (unpaired) electrons. The molecule has 1 aliphatic rings. The van der Waals surface area contributed by atoms with Crippen molar-refractivity contribution in [3.63, 3.8) is 0 Å². The third-order valence-electron chi connectivity index (χ3n) is 2.37. The lowest BCUT2D eigenvalue weighted by Gasteiger charge is -2.15. The summed E-state index contributed by atoms with van der Waals surface area (Å²) in [6.45, 7) is 2.29. The van der Waals surface area contributed by atoms with E-state index < -0.39 is 0 Å². The molecule has 0 saturated heterocycles. The van der Waals surface area contributed by atoms with Crippen molar-refractivity contribution in [1.29, 1.82) is 0 Å². The van der Waals surface area contributed by atoms with Crippen LogP contribution in [0.15, 0.2) is 11.6 Å². The van der Waals surface area contributed by atoms with Crippen molar-refractivity contribution < 1.29 is 9.53 Å². The second-order valence-electron chi connectivity index (χ2n) is 3.53. The lowest BCUT2D eigenvalue weighted by molar-refractivity contribution is -0.142. The van der Waals surface area contributed by atoms with Crippen LogP contribution in [0.3, 0.4) is 0 Å². The van der Waals surface area contributed by atoms with Crippen molar-refractivity contribution in [2.24, 2.45) is 0 Å². The fraction of sp³-hybridized carbons (Fsp3) is 0.727. The highest BCUT2D eigenvalue weighted by atomic mass is 79.9. The molecule has 3 heteroatoms. The molecule has 0 aromatic carbocycles. The highest BCUT2D eigenvalue weighted by molar-refractivity contribution is 9.10. The van der Waals surface area contributed by atoms with Gasteiger partial charge in [0.15, 0.2) is 0 Å². The summed E-state index contributed by atoms with van der Waals surface area (Å²) in [5, 5.41) is 0. The molecular weight excluding hydrogens is 244 g/mol. The van der Waals surface area contributed by atoms with Gasteiger partial charge in [-0.2, -0.15) is 0 Å². The number of hydrogen-bond donors (Lipinski definition) is 0. The third kappa shape index (κ3) is 3.82. The molecule has 1 aliphatic carbocycles. The molecule has 80 valence electrons. The molecule has 14 heavy (non-hydrogen) atoms. The Labute approximate surface area is 93.8 Å². The Morgan fingerprint density at radius 1 is 1.64 bits per heavy atom. The van der Waals surface area contributed by atoms with Crippen molar-refractivity contribution in [1.82, 2.24) is 0 Å². The highest BCUT2D eigenvalue weighted by Crippen LogP contribution is 2.24. The van der Waals surface area contributed by atoms with E-state index in [2.05, 4.69) is 22.0 Å². The molecule has 1 atom stereocenters. The van der Waals surface area contributed by atoms with Gasteiger partial charge in [0.1, 0.15) is 4.83 Å². The van der Waals surface area contributed by atoms with Crippen LogP contribution in [0.4, 0.5) is 0 Å². The van der Waals surface area contributed by atoms with Gasteiger partial charge in [0, 0.05) is 0 Å². The molecule has 0 spiro atoms. The number of rotatable bonds is 4. The summed E-state index contributed by atoms with van der Waals surface area (Å²) in [5.41, 5.74) is 1.39. The number of carbonyl (C=O) groups is 1. The predicted octanol–water partition coefficient (Wildman–Crippen LogP) is 3.20. The first-order chi connectivity index (χ1) is 6.74. The van der Waals surface area contributed by atoms with E-state index in [1.165, 1.54) is 18.4 Å². The number of carbonyl (C=O) groups excluding carboxylic acids is 1. The van der Waals surface area contributed by atoms with Gasteiger partial charge in [-0.25, -0.2) is 0 Å². The van der Waals surface area contributed by atoms with E-state index in [-0.39, 0.29) is 10.8 Å². The Bertz CT molecular complexity index is 223. The van der Waals surface area contributed by atoms with Crippen molar-refractivity contribution in [3.05, 3.63) is 11.6 Å². The van der Waals surface area contributed by atoms with Crippen molar-refractivity contribution in [2.45, 2.75) is 43.9 Å². The maximum absolute atomic E-state index is 11.3. The zero-order valence-electron chi connectivity index (χ0n) is 8.59. The molecule has 1 rings (SSSR count). The van der Waals surface area contributed by atoms with E-state index >= 15 is 0 Å². The van der Waals surface area contributed by atoms with Gasteiger partial charge in [0.25, 0.3) is 0 Å². The summed E-state index contributed by atoms with van der Waals surface area (Å²) in [6.07, 6.45) is 7.92. The average Bonchev–Trinajstić information content (AvgIpc) is 2.19. The molecule has 0 fully saturated rings. The fourth-order valence-corrected chi connectivity index (χ4v) is 2.18. The van der Waals surface area contributed by atoms with Gasteiger partial charge in [0.05, 0.1) is 6.61 Å². The number of halogens is 1. The highest BCUT2D eigenvalue weighted by Gasteiger charge is 2.18. The molecule has 0 aromatic heterocycles. The summed E-state index contributed by atoms with van der Waals surface area (Å²) in [6, 6.07) is 0. The van der Waals surface area contributed by atoms with E-state index in [0.29, 0.717) is 6.61 Å². The Morgan fingerprint density at radius 2 is 2.43 bits per heavy atom. The van der Waals surface area contributed by atoms with E-state index in [1.807, 2.05) is 6.92 Å². The van der Waals surface area contributed by atoms with Gasteiger partial charge in [-0.15, -0.1) is 0 Å². The number of allylic oxidation sites excluding steroid dienone is 2. The third-order valence-corrected chi connectivity index (χ3v) is 3.07. The molecule has 1 unspecified atom stereocenters. The van der Waals surface area contributed by atoms with E-state index in [1.54, 1.807) is 0 Å². The summed E-state index contributed by atoms with van der Waals surface area (Å²) in [4.78, 5) is 11.2. The second kappa shape index (κ2) is 6.23. The standard InChI is InChI=1S/C11H17BrO2/c1-2-14-11(13)10(12)8-9-6-4-3-5-7-9/h6,10H,2-5,7-8H2,1H3. The molecule has 0 aliphatic heterocycles. The molecule has 0 aromatic rings. The van der Waals surface area contributed by atoms with E-state index in [0.717, 1.165) is 19.3 Å². The number of alkyl halides is 1. The predicted molar refractivity (Wildman–Crippen MR) is 60.5 cm³/mol. The number of esters is 1. The monoisotopic (exact) mass is 260 g/mol. The zero-order valence-corrected chi connectivity index (χ0v) is 10.2. The van der Waals surface area contributed by atoms with Crippen LogP contribution in [0.2, 0.25) is 0 Å². The first-order valence-electron chi connectivity index (χ1n) is 5.22. The molecular formula is C11H17BrO2. The first-order valence-corrected chi connectivity index (χ1v) is 6.14. The lowest BCUT2D eigenvalue weighted by Crippen LogP contribution is -2.18. The lowest BCUT2D eigenvalue weighted by atomic mass is 9.96. The zero-order chi connectivity index (χ0) is 10.4. The average molecular weight is 261 g/mol. The topological polar surface area (TPSA) is 26.3 Å². The molecule has 2 nitrogen and oxygen atoms in total. The summed E-state index contributed by atoms with van der Waals surface area (Å²) in [7, 11) is 0. The van der Waals surface area contributed by atoms with Gasteiger partial charge in [0.2, 0.25) is 0 Å². The Morgan fingerprint density at radius 3 is 3.00 bits per heavy atom. The maximum Gasteiger partial charge on any atom is 0.320 e. The molecule has 0 bridgehead atoms. The van der Waals surface area contributed by atoms with Crippen LogP contribution in [-0.4, -0.2) is 17.4 Å². The molecule has 0 N–H and O–H groups in total. The Hall–Kier alpha value is -0.310. The normalized spacial score (nSPS) is 18.6. The van der Waals surface area contributed by atoms with E-state index in [4.69, 9.17) is 4.74 Å². The van der Waals surface area contributed by atoms with Crippen LogP contribution in [0.1, 0.15) is 39.0 Å². The van der Waals surface area contributed by atoms with Crippen LogP contribution in [-0.2, 0) is 9.53 Å². The van der Waals surface area contributed by atoms with Gasteiger partial charge in [-0.1, -0.05) is 27.6 Å². The molecule has 0 heterocycles. The summed E-state index contributed by atoms with van der Waals surface area (Å²) >= 11 is 3.36. The van der Waals surface area contributed by atoms with Crippen LogP contribution >= 0.6 is 15.9 Å². The van der Waals surface area contributed by atoms with Gasteiger partial charge in [-0.3, -0.25) is 4.79 Å². The summed E-state index contributed by atoms with van der Waals surface area (Å²) < 4.78 is 4.93. The largest absolute Gasteiger partial charge is 0.465 e. The minimum atomic E-state index is -0.160. The molecule has 0 saturated carbocycles. The Kier molecular flexibility index (Phi) is 5.23. The van der Waals surface area contributed by atoms with Crippen LogP contribution in [0, 0.1) is 0 Å². The molecule has 0 amide bonds. The number of hydrogen-bond acceptors (Lipinski definition) is 2. The second-order valence-corrected chi connectivity index (χ2v) is 4.64. The van der Waals surface area contributed by atoms with Crippen molar-refractivity contribution >= 4 is 21.9 Å². The quantitative estimate of drug-likeness (QED) is 0.441. The smallest absolute Gasteiger partial charge is 0.320 e. The van der Waals surface area contributed by atoms with Gasteiger partial charge >= 0.3 is 5.97 Å². The van der Waals surface area contributed by atoms with Gasteiger partial charge in [-0.05, 0) is 39.0 Å². The SMILES string of the molecule is CCOC(=O)C(Br)CC1=CCCCC1. The van der Waals surface area contributed by atoms with Crippen LogP contribution < -0.4 is 0 Å². The summed E-state index contributed by atoms with van der Waals surface area (Å²) in [5.74, 6) is -0.140. The Balaban J connectivity index is 2.35. The van der Waals surface area contributed by atoms with Crippen LogP contribution in [0.5, 0.6) is 0 Å². The first kappa shape index (κ1) is 11.8. The van der Waals surface area contributed by atoms with Gasteiger partial charge < -0.3 is 4.74 Å². The van der Waals surface area contributed by atoms with Crippen molar-refractivity contribution in [2.75, 3.05) is 6.61 Å². The maximum atomic E-state index is 11.3. The minimum Gasteiger partial charge on any atom is -0.465 e. The van der Waals surface area contributed by atoms with Crippen LogP contribution in [0.25, 0.3) is 0 Å². The number of ether oxygens (including phenoxy) is 1. The fourth-order valence-electron chi connectivity index (χ4n) is 1.64.